The van der Waals surface area contributed by atoms with Crippen molar-refractivity contribution < 1.29 is 13.5 Å². The summed E-state index contributed by atoms with van der Waals surface area (Å²) in [5, 5.41) is 13.0. The topological polar surface area (TPSA) is 92.4 Å². The fraction of sp³-hybridized carbons (Fsp3) is 1.00. The second-order valence-corrected chi connectivity index (χ2v) is 3.40. The van der Waals surface area contributed by atoms with Crippen LogP contribution in [0.4, 0.5) is 0 Å². The van der Waals surface area contributed by atoms with E-state index in [-0.39, 0.29) is 12.6 Å². The van der Waals surface area contributed by atoms with Crippen LogP contribution in [0.25, 0.3) is 0 Å². The maximum Gasteiger partial charge on any atom is 0.274 e. The molecule has 0 spiro atoms. The van der Waals surface area contributed by atoms with Gasteiger partial charge in [0.2, 0.25) is 0 Å². The van der Waals surface area contributed by atoms with Crippen molar-refractivity contribution in [2.75, 3.05) is 6.61 Å². The molecule has 0 aliphatic heterocycles. The van der Waals surface area contributed by atoms with Crippen LogP contribution in [0.2, 0.25) is 0 Å². The number of rotatable bonds is 4. The summed E-state index contributed by atoms with van der Waals surface area (Å²) >= 11 is 0. The van der Waals surface area contributed by atoms with Crippen molar-refractivity contribution in [1.82, 2.24) is 4.72 Å². The molecule has 0 bridgehead atoms. The Balaban J connectivity index is 3.69. The second kappa shape index (κ2) is 3.87. The van der Waals surface area contributed by atoms with Gasteiger partial charge in [0.25, 0.3) is 10.2 Å². The molecule has 0 aliphatic rings. The van der Waals surface area contributed by atoms with E-state index in [9.17, 15) is 8.42 Å². The molecule has 62 valence electrons. The normalized spacial score (nSPS) is 15.1. The maximum absolute atomic E-state index is 10.3. The van der Waals surface area contributed by atoms with Crippen molar-refractivity contribution in [3.8, 4) is 0 Å². The molecule has 5 nitrogen and oxygen atoms in total. The van der Waals surface area contributed by atoms with Crippen molar-refractivity contribution in [1.29, 1.82) is 0 Å². The molecule has 0 aromatic carbocycles. The fourth-order valence-corrected chi connectivity index (χ4v) is 1.21. The lowest BCUT2D eigenvalue weighted by molar-refractivity contribution is 0.275. The van der Waals surface area contributed by atoms with Crippen molar-refractivity contribution in [2.45, 2.75) is 19.4 Å². The molecule has 0 heterocycles. The van der Waals surface area contributed by atoms with Crippen LogP contribution in [0, 0.1) is 0 Å². The van der Waals surface area contributed by atoms with Crippen LogP contribution in [0.15, 0.2) is 0 Å². The summed E-state index contributed by atoms with van der Waals surface area (Å²) in [5.41, 5.74) is 0. The van der Waals surface area contributed by atoms with Crippen molar-refractivity contribution in [3.63, 3.8) is 0 Å². The average molecular weight is 168 g/mol. The Bertz CT molecular complexity index is 177. The summed E-state index contributed by atoms with van der Waals surface area (Å²) in [6.45, 7) is 1.57. The van der Waals surface area contributed by atoms with Gasteiger partial charge in [-0.15, -0.1) is 0 Å². The molecule has 0 radical (unpaired) electrons. The fourth-order valence-electron chi connectivity index (χ4n) is 0.533. The van der Waals surface area contributed by atoms with Crippen LogP contribution in [0.3, 0.4) is 0 Å². The maximum atomic E-state index is 10.3. The summed E-state index contributed by atoms with van der Waals surface area (Å²) in [5.74, 6) is 0. The van der Waals surface area contributed by atoms with Crippen LogP contribution in [-0.4, -0.2) is 26.2 Å². The third-order valence-corrected chi connectivity index (χ3v) is 1.66. The first-order chi connectivity index (χ1) is 4.45. The van der Waals surface area contributed by atoms with Gasteiger partial charge in [-0.25, -0.2) is 5.14 Å². The molecule has 0 saturated carbocycles. The lowest BCUT2D eigenvalue weighted by atomic mass is 10.3. The molecule has 0 rings (SSSR count). The highest BCUT2D eigenvalue weighted by atomic mass is 32.2. The summed E-state index contributed by atoms with van der Waals surface area (Å²) in [7, 11) is -3.61. The number of hydrogen-bond donors (Lipinski definition) is 3. The first-order valence-electron chi connectivity index (χ1n) is 2.86. The van der Waals surface area contributed by atoms with E-state index >= 15 is 0 Å². The van der Waals surface area contributed by atoms with Gasteiger partial charge in [-0.2, -0.15) is 13.1 Å². The van der Waals surface area contributed by atoms with Crippen LogP contribution in [0.1, 0.15) is 13.3 Å². The SMILES string of the molecule is CC(CCO)NS(N)(=O)=O. The Labute approximate surface area is 60.4 Å². The van der Waals surface area contributed by atoms with E-state index in [2.05, 4.69) is 9.86 Å². The number of nitrogens with two attached hydrogens (primary N) is 1. The van der Waals surface area contributed by atoms with E-state index in [1.54, 1.807) is 6.92 Å². The number of aliphatic hydroxyl groups excluding tert-OH is 1. The van der Waals surface area contributed by atoms with Gasteiger partial charge in [0, 0.05) is 12.6 Å². The van der Waals surface area contributed by atoms with Crippen molar-refractivity contribution in [3.05, 3.63) is 0 Å². The highest BCUT2D eigenvalue weighted by Crippen LogP contribution is 1.88. The van der Waals surface area contributed by atoms with Crippen LogP contribution >= 0.6 is 0 Å². The van der Waals surface area contributed by atoms with Gasteiger partial charge in [-0.3, -0.25) is 0 Å². The van der Waals surface area contributed by atoms with Gasteiger partial charge in [0.15, 0.2) is 0 Å². The first-order valence-corrected chi connectivity index (χ1v) is 4.41. The Morgan fingerprint density at radius 3 is 2.50 bits per heavy atom. The number of aliphatic hydroxyl groups is 1. The molecule has 0 aromatic heterocycles. The zero-order valence-electron chi connectivity index (χ0n) is 5.74. The van der Waals surface area contributed by atoms with E-state index in [0.29, 0.717) is 6.42 Å². The highest BCUT2D eigenvalue weighted by molar-refractivity contribution is 7.87. The predicted molar refractivity (Wildman–Crippen MR) is 37.4 cm³/mol. The van der Waals surface area contributed by atoms with E-state index in [1.165, 1.54) is 0 Å². The predicted octanol–water partition coefficient (Wildman–Crippen LogP) is -1.45. The second-order valence-electron chi connectivity index (χ2n) is 2.08. The Kier molecular flexibility index (Phi) is 3.80. The van der Waals surface area contributed by atoms with Gasteiger partial charge in [0.1, 0.15) is 0 Å². The Hall–Kier alpha value is -0.170. The molecule has 6 heteroatoms. The molecule has 10 heavy (non-hydrogen) atoms. The van der Waals surface area contributed by atoms with Gasteiger partial charge < -0.3 is 5.11 Å². The minimum absolute atomic E-state index is 0.0519. The quantitative estimate of drug-likeness (QED) is 0.479. The molecule has 0 fully saturated rings. The van der Waals surface area contributed by atoms with E-state index < -0.39 is 10.2 Å². The van der Waals surface area contributed by atoms with Gasteiger partial charge in [0.05, 0.1) is 0 Å². The van der Waals surface area contributed by atoms with Gasteiger partial charge >= 0.3 is 0 Å². The third-order valence-electron chi connectivity index (χ3n) is 0.928. The monoisotopic (exact) mass is 168 g/mol. The molecule has 0 aliphatic carbocycles. The zero-order chi connectivity index (χ0) is 8.20. The van der Waals surface area contributed by atoms with E-state index in [1.807, 2.05) is 0 Å². The lowest BCUT2D eigenvalue weighted by Gasteiger charge is -2.08. The van der Waals surface area contributed by atoms with Crippen LogP contribution in [-0.2, 0) is 10.2 Å². The zero-order valence-corrected chi connectivity index (χ0v) is 6.56. The molecule has 0 saturated heterocycles. The summed E-state index contributed by atoms with van der Waals surface area (Å²) < 4.78 is 22.7. The van der Waals surface area contributed by atoms with Crippen LogP contribution in [0.5, 0.6) is 0 Å². The lowest BCUT2D eigenvalue weighted by Crippen LogP contribution is -2.38. The third kappa shape index (κ3) is 5.96. The van der Waals surface area contributed by atoms with Crippen molar-refractivity contribution >= 4 is 10.2 Å². The smallest absolute Gasteiger partial charge is 0.274 e. The molecule has 1 atom stereocenters. The molecular formula is C4H12N2O3S. The summed E-state index contributed by atoms with van der Waals surface area (Å²) in [4.78, 5) is 0. The van der Waals surface area contributed by atoms with Gasteiger partial charge in [-0.1, -0.05) is 0 Å². The Morgan fingerprint density at radius 1 is 1.70 bits per heavy atom. The summed E-state index contributed by atoms with van der Waals surface area (Å²) in [6, 6.07) is -0.306. The molecule has 4 N–H and O–H groups in total. The first kappa shape index (κ1) is 9.83. The van der Waals surface area contributed by atoms with E-state index in [4.69, 9.17) is 5.11 Å². The molecular weight excluding hydrogens is 156 g/mol. The largest absolute Gasteiger partial charge is 0.396 e. The summed E-state index contributed by atoms with van der Waals surface area (Å²) in [6.07, 6.45) is 0.371. The Morgan fingerprint density at radius 2 is 2.20 bits per heavy atom. The minimum Gasteiger partial charge on any atom is -0.396 e. The standard InChI is InChI=1S/C4H12N2O3S/c1-4(2-3-7)6-10(5,8)9/h4,6-7H,2-3H2,1H3,(H2,5,8,9). The van der Waals surface area contributed by atoms with Crippen molar-refractivity contribution in [2.24, 2.45) is 5.14 Å². The average Bonchev–Trinajstić information content (AvgIpc) is 1.59. The van der Waals surface area contributed by atoms with Crippen LogP contribution < -0.4 is 9.86 Å². The minimum atomic E-state index is -3.61. The molecule has 1 unspecified atom stereocenters. The highest BCUT2D eigenvalue weighted by Gasteiger charge is 2.06. The van der Waals surface area contributed by atoms with E-state index in [0.717, 1.165) is 0 Å². The molecule has 0 aromatic rings. The number of nitrogens with one attached hydrogen (secondary N) is 1. The number of hydrogen-bond acceptors (Lipinski definition) is 3. The van der Waals surface area contributed by atoms with Gasteiger partial charge in [-0.05, 0) is 13.3 Å². The molecule has 0 amide bonds.